The molecule has 1 N–H and O–H groups in total. The first-order valence-electron chi connectivity index (χ1n) is 5.94. The molecule has 0 bridgehead atoms. The van der Waals surface area contributed by atoms with Gasteiger partial charge < -0.3 is 5.32 Å². The Balaban J connectivity index is 2.37. The number of anilines is 1. The molecule has 0 spiro atoms. The molecule has 0 saturated heterocycles. The van der Waals surface area contributed by atoms with Crippen LogP contribution in [0.25, 0.3) is 0 Å². The Labute approximate surface area is 130 Å². The molecule has 0 aromatic heterocycles. The minimum atomic E-state index is -3.52. The van der Waals surface area contributed by atoms with Gasteiger partial charge in [-0.2, -0.15) is 0 Å². The lowest BCUT2D eigenvalue weighted by Gasteiger charge is -2.09. The van der Waals surface area contributed by atoms with Gasteiger partial charge in [0.2, 0.25) is 0 Å². The zero-order valence-corrected chi connectivity index (χ0v) is 12.8. The summed E-state index contributed by atoms with van der Waals surface area (Å²) < 4.78 is 49.3. The van der Waals surface area contributed by atoms with Crippen LogP contribution in [0.3, 0.4) is 0 Å². The van der Waals surface area contributed by atoms with E-state index in [1.165, 1.54) is 12.1 Å². The Hall–Kier alpha value is -1.99. The zero-order chi connectivity index (χ0) is 16.5. The van der Waals surface area contributed by atoms with Gasteiger partial charge in [0.1, 0.15) is 11.6 Å². The van der Waals surface area contributed by atoms with Crippen LogP contribution >= 0.6 is 11.6 Å². The molecule has 0 saturated carbocycles. The van der Waals surface area contributed by atoms with Crippen molar-refractivity contribution in [3.63, 3.8) is 0 Å². The number of carbonyl (C=O) groups is 1. The van der Waals surface area contributed by atoms with E-state index in [1.807, 2.05) is 0 Å². The Morgan fingerprint density at radius 3 is 2.41 bits per heavy atom. The van der Waals surface area contributed by atoms with Gasteiger partial charge in [-0.05, 0) is 30.3 Å². The van der Waals surface area contributed by atoms with Crippen molar-refractivity contribution in [3.05, 3.63) is 58.6 Å². The van der Waals surface area contributed by atoms with Gasteiger partial charge in [0, 0.05) is 12.3 Å². The van der Waals surface area contributed by atoms with Crippen LogP contribution < -0.4 is 5.32 Å². The lowest BCUT2D eigenvalue weighted by Crippen LogP contribution is -2.14. The van der Waals surface area contributed by atoms with E-state index in [0.29, 0.717) is 6.07 Å². The average molecular weight is 346 g/mol. The van der Waals surface area contributed by atoms with Gasteiger partial charge in [-0.25, -0.2) is 17.2 Å². The minimum Gasteiger partial charge on any atom is -0.319 e. The van der Waals surface area contributed by atoms with Crippen LogP contribution in [0.15, 0.2) is 41.3 Å². The maximum Gasteiger partial charge on any atom is 0.257 e. The molecule has 22 heavy (non-hydrogen) atoms. The molecule has 8 heteroatoms. The third kappa shape index (κ3) is 3.61. The number of hydrogen-bond acceptors (Lipinski definition) is 3. The Bertz CT molecular complexity index is 853. The number of rotatable bonds is 3. The topological polar surface area (TPSA) is 63.2 Å². The van der Waals surface area contributed by atoms with Gasteiger partial charge in [-0.15, -0.1) is 0 Å². The molecule has 0 unspecified atom stereocenters. The summed E-state index contributed by atoms with van der Waals surface area (Å²) in [5.74, 6) is -2.54. The largest absolute Gasteiger partial charge is 0.319 e. The van der Waals surface area contributed by atoms with Crippen LogP contribution in [0.2, 0.25) is 5.02 Å². The predicted molar refractivity (Wildman–Crippen MR) is 78.9 cm³/mol. The highest BCUT2D eigenvalue weighted by molar-refractivity contribution is 7.90. The van der Waals surface area contributed by atoms with Crippen molar-refractivity contribution in [2.45, 2.75) is 4.90 Å². The highest BCUT2D eigenvalue weighted by atomic mass is 35.5. The smallest absolute Gasteiger partial charge is 0.257 e. The van der Waals surface area contributed by atoms with Gasteiger partial charge in [0.05, 0.1) is 21.2 Å². The van der Waals surface area contributed by atoms with E-state index in [0.717, 1.165) is 24.5 Å². The maximum atomic E-state index is 13.5. The van der Waals surface area contributed by atoms with Gasteiger partial charge in [-0.1, -0.05) is 11.6 Å². The van der Waals surface area contributed by atoms with E-state index >= 15 is 0 Å². The molecule has 0 atom stereocenters. The second-order valence-corrected chi connectivity index (χ2v) is 6.92. The number of halogens is 3. The van der Waals surface area contributed by atoms with Gasteiger partial charge in [-0.3, -0.25) is 4.79 Å². The normalized spacial score (nSPS) is 11.3. The van der Waals surface area contributed by atoms with E-state index in [-0.39, 0.29) is 21.2 Å². The molecule has 2 aromatic rings. The van der Waals surface area contributed by atoms with Gasteiger partial charge in [0.15, 0.2) is 9.84 Å². The fourth-order valence-electron chi connectivity index (χ4n) is 1.69. The number of benzene rings is 2. The first-order valence-corrected chi connectivity index (χ1v) is 8.21. The third-order valence-corrected chi connectivity index (χ3v) is 4.23. The molecule has 0 fully saturated rings. The van der Waals surface area contributed by atoms with Gasteiger partial charge in [0.25, 0.3) is 5.91 Å². The molecule has 0 aliphatic rings. The highest BCUT2D eigenvalue weighted by Gasteiger charge is 2.17. The quantitative estimate of drug-likeness (QED) is 0.928. The SMILES string of the molecule is CS(=O)(=O)c1ccc(Cl)c(C(=O)Nc2ccc(F)cc2F)c1. The van der Waals surface area contributed by atoms with Crippen molar-refractivity contribution in [2.24, 2.45) is 0 Å². The zero-order valence-electron chi connectivity index (χ0n) is 11.2. The Morgan fingerprint density at radius 1 is 1.14 bits per heavy atom. The molecular formula is C14H10ClF2NO3S. The van der Waals surface area contributed by atoms with Crippen LogP contribution in [0.4, 0.5) is 14.5 Å². The summed E-state index contributed by atoms with van der Waals surface area (Å²) in [5, 5.41) is 2.22. The first kappa shape index (κ1) is 16.4. The average Bonchev–Trinajstić information content (AvgIpc) is 2.41. The summed E-state index contributed by atoms with van der Waals surface area (Å²) in [4.78, 5) is 12.0. The van der Waals surface area contributed by atoms with Crippen LogP contribution in [0.5, 0.6) is 0 Å². The Morgan fingerprint density at radius 2 is 1.82 bits per heavy atom. The van der Waals surface area contributed by atoms with Crippen molar-refractivity contribution in [1.82, 2.24) is 0 Å². The van der Waals surface area contributed by atoms with E-state index in [2.05, 4.69) is 5.32 Å². The lowest BCUT2D eigenvalue weighted by molar-refractivity contribution is 0.102. The predicted octanol–water partition coefficient (Wildman–Crippen LogP) is 3.27. The fourth-order valence-corrected chi connectivity index (χ4v) is 2.54. The number of sulfone groups is 1. The fraction of sp³-hybridized carbons (Fsp3) is 0.0714. The van der Waals surface area contributed by atoms with Crippen molar-refractivity contribution in [3.8, 4) is 0 Å². The summed E-state index contributed by atoms with van der Waals surface area (Å²) in [6.45, 7) is 0. The highest BCUT2D eigenvalue weighted by Crippen LogP contribution is 2.23. The van der Waals surface area contributed by atoms with Crippen LogP contribution in [0.1, 0.15) is 10.4 Å². The molecule has 0 aliphatic heterocycles. The molecule has 0 heterocycles. The minimum absolute atomic E-state index is 0.00687. The van der Waals surface area contributed by atoms with Crippen LogP contribution in [-0.2, 0) is 9.84 Å². The van der Waals surface area contributed by atoms with Crippen molar-refractivity contribution in [1.29, 1.82) is 0 Å². The van der Waals surface area contributed by atoms with E-state index in [1.54, 1.807) is 0 Å². The third-order valence-electron chi connectivity index (χ3n) is 2.79. The van der Waals surface area contributed by atoms with Crippen molar-refractivity contribution < 1.29 is 22.0 Å². The summed E-state index contributed by atoms with van der Waals surface area (Å²) >= 11 is 5.86. The van der Waals surface area contributed by atoms with Crippen molar-refractivity contribution >= 4 is 33.0 Å². The molecule has 0 radical (unpaired) electrons. The molecule has 2 aromatic carbocycles. The number of carbonyl (C=O) groups excluding carboxylic acids is 1. The van der Waals surface area contributed by atoms with Crippen LogP contribution in [0, 0.1) is 11.6 Å². The molecule has 116 valence electrons. The number of amides is 1. The van der Waals surface area contributed by atoms with Gasteiger partial charge >= 0.3 is 0 Å². The molecule has 0 aliphatic carbocycles. The van der Waals surface area contributed by atoms with E-state index in [4.69, 9.17) is 11.6 Å². The monoisotopic (exact) mass is 345 g/mol. The summed E-state index contributed by atoms with van der Waals surface area (Å²) in [7, 11) is -3.52. The Kier molecular flexibility index (Phi) is 4.48. The summed E-state index contributed by atoms with van der Waals surface area (Å²) in [6.07, 6.45) is 0.984. The summed E-state index contributed by atoms with van der Waals surface area (Å²) in [5.41, 5.74) is -0.374. The maximum absolute atomic E-state index is 13.5. The molecule has 2 rings (SSSR count). The second kappa shape index (κ2) is 6.02. The second-order valence-electron chi connectivity index (χ2n) is 4.49. The number of nitrogens with one attached hydrogen (secondary N) is 1. The van der Waals surface area contributed by atoms with Crippen molar-refractivity contribution in [2.75, 3.05) is 11.6 Å². The lowest BCUT2D eigenvalue weighted by atomic mass is 10.2. The molecule has 1 amide bonds. The molecule has 4 nitrogen and oxygen atoms in total. The standard InChI is InChI=1S/C14H10ClF2NO3S/c1-22(20,21)9-3-4-11(15)10(7-9)14(19)18-13-5-2-8(16)6-12(13)17/h2-7H,1H3,(H,18,19). The summed E-state index contributed by atoms with van der Waals surface area (Å²) in [6, 6.07) is 6.25. The van der Waals surface area contributed by atoms with E-state index < -0.39 is 27.4 Å². The first-order chi connectivity index (χ1) is 10.2. The van der Waals surface area contributed by atoms with Crippen LogP contribution in [-0.4, -0.2) is 20.6 Å². The number of hydrogen-bond donors (Lipinski definition) is 1. The van der Waals surface area contributed by atoms with E-state index in [9.17, 15) is 22.0 Å². The molecular weight excluding hydrogens is 336 g/mol.